The first-order valence-electron chi connectivity index (χ1n) is 6.37. The molecule has 2 aromatic rings. The van der Waals surface area contributed by atoms with Gasteiger partial charge in [0.25, 0.3) is 0 Å². The quantitative estimate of drug-likeness (QED) is 0.812. The molecule has 0 saturated heterocycles. The molecule has 2 aromatic carbocycles. The monoisotopic (exact) mass is 243 g/mol. The molecule has 2 nitrogen and oxygen atoms in total. The summed E-state index contributed by atoms with van der Waals surface area (Å²) in [7, 11) is 3.23. The van der Waals surface area contributed by atoms with Crippen LogP contribution in [0.25, 0.3) is 0 Å². The molecule has 18 heavy (non-hydrogen) atoms. The van der Waals surface area contributed by atoms with Crippen molar-refractivity contribution in [1.29, 1.82) is 0 Å². The maximum Gasteiger partial charge on any atom is 0.126 e. The molecule has 0 aliphatic carbocycles. The average molecular weight is 243 g/mol. The Hall–Kier alpha value is -1.96. The second-order valence-corrected chi connectivity index (χ2v) is 4.06. The average Bonchev–Trinajstić information content (AvgIpc) is 2.47. The summed E-state index contributed by atoms with van der Waals surface area (Å²) in [6.07, 6.45) is 0. The topological polar surface area (TPSA) is 18.5 Å². The van der Waals surface area contributed by atoms with Crippen molar-refractivity contribution in [3.05, 3.63) is 59.7 Å². The summed E-state index contributed by atoms with van der Waals surface area (Å²) in [4.78, 5) is 0. The van der Waals surface area contributed by atoms with Gasteiger partial charge in [-0.1, -0.05) is 43.3 Å². The molecule has 0 amide bonds. The van der Waals surface area contributed by atoms with Gasteiger partial charge in [-0.2, -0.15) is 0 Å². The number of hydrogen-bond donors (Lipinski definition) is 0. The van der Waals surface area contributed by atoms with Crippen molar-refractivity contribution in [1.82, 2.24) is 0 Å². The fraction of sp³-hybridized carbons (Fsp3) is 0.250. The lowest BCUT2D eigenvalue weighted by molar-refractivity contribution is 0.390. The van der Waals surface area contributed by atoms with Crippen LogP contribution in [0.4, 0.5) is 0 Å². The third kappa shape index (κ3) is 2.48. The number of benzene rings is 2. The fourth-order valence-electron chi connectivity index (χ4n) is 1.95. The molecule has 0 bridgehead atoms. The zero-order chi connectivity index (χ0) is 13.9. The summed E-state index contributed by atoms with van der Waals surface area (Å²) in [6, 6.07) is 15.3. The normalized spacial score (nSPS) is 14.5. The largest absolute Gasteiger partial charge is 0.497 e. The highest BCUT2D eigenvalue weighted by Crippen LogP contribution is 2.33. The van der Waals surface area contributed by atoms with E-state index in [1.54, 1.807) is 14.2 Å². The lowest BCUT2D eigenvalue weighted by Crippen LogP contribution is -2.00. The molecule has 0 spiro atoms. The van der Waals surface area contributed by atoms with Gasteiger partial charge in [-0.25, -0.2) is 0 Å². The lowest BCUT2D eigenvalue weighted by Gasteiger charge is -2.17. The predicted molar refractivity (Wildman–Crippen MR) is 73.5 cm³/mol. The Morgan fingerprint density at radius 3 is 2.33 bits per heavy atom. The predicted octanol–water partition coefficient (Wildman–Crippen LogP) is 3.86. The molecule has 1 atom stereocenters. The van der Waals surface area contributed by atoms with Crippen molar-refractivity contribution < 1.29 is 10.8 Å². The molecule has 0 aliphatic rings. The van der Waals surface area contributed by atoms with E-state index in [1.165, 1.54) is 0 Å². The highest BCUT2D eigenvalue weighted by molar-refractivity contribution is 5.45. The maximum atomic E-state index is 8.66. The minimum absolute atomic E-state index is 0.667. The molecular weight excluding hydrogens is 224 g/mol. The summed E-state index contributed by atoms with van der Waals surface area (Å²) in [5, 5.41) is 0. The van der Waals surface area contributed by atoms with Crippen LogP contribution in [0.2, 0.25) is 0 Å². The van der Waals surface area contributed by atoms with E-state index in [0.29, 0.717) is 5.75 Å². The Balaban J connectivity index is 2.51. The van der Waals surface area contributed by atoms with Crippen LogP contribution >= 0.6 is 0 Å². The van der Waals surface area contributed by atoms with Gasteiger partial charge in [-0.15, -0.1) is 0 Å². The van der Waals surface area contributed by atoms with Crippen LogP contribution < -0.4 is 9.47 Å². The van der Waals surface area contributed by atoms with Crippen LogP contribution in [0.5, 0.6) is 11.5 Å². The van der Waals surface area contributed by atoms with Gasteiger partial charge >= 0.3 is 0 Å². The SMILES string of the molecule is [2H]C(C)(c1ccccc1)c1ccc(OC)cc1OC. The summed E-state index contributed by atoms with van der Waals surface area (Å²) < 4.78 is 19.2. The van der Waals surface area contributed by atoms with E-state index in [0.717, 1.165) is 16.9 Å². The highest BCUT2D eigenvalue weighted by Gasteiger charge is 2.13. The molecule has 0 aliphatic heterocycles. The first-order valence-corrected chi connectivity index (χ1v) is 5.87. The van der Waals surface area contributed by atoms with E-state index in [9.17, 15) is 0 Å². The Labute approximate surface area is 110 Å². The summed E-state index contributed by atoms with van der Waals surface area (Å²) >= 11 is 0. The number of hydrogen-bond acceptors (Lipinski definition) is 2. The Kier molecular flexibility index (Phi) is 3.46. The van der Waals surface area contributed by atoms with E-state index in [1.807, 2.05) is 55.5 Å². The van der Waals surface area contributed by atoms with Gasteiger partial charge in [-0.05, 0) is 11.6 Å². The zero-order valence-electron chi connectivity index (χ0n) is 11.9. The van der Waals surface area contributed by atoms with E-state index < -0.39 is 5.89 Å². The summed E-state index contributed by atoms with van der Waals surface area (Å²) in [5.74, 6) is 0.531. The molecule has 94 valence electrons. The van der Waals surface area contributed by atoms with Gasteiger partial charge in [0.2, 0.25) is 0 Å². The van der Waals surface area contributed by atoms with E-state index in [-0.39, 0.29) is 0 Å². The van der Waals surface area contributed by atoms with Gasteiger partial charge in [-0.3, -0.25) is 0 Å². The highest BCUT2D eigenvalue weighted by atomic mass is 16.5. The van der Waals surface area contributed by atoms with Crippen molar-refractivity contribution in [3.8, 4) is 11.5 Å². The van der Waals surface area contributed by atoms with Gasteiger partial charge in [0.05, 0.1) is 14.2 Å². The molecule has 2 rings (SSSR count). The van der Waals surface area contributed by atoms with Gasteiger partial charge < -0.3 is 9.47 Å². The number of methoxy groups -OCH3 is 2. The molecule has 0 saturated carbocycles. The second-order valence-electron chi connectivity index (χ2n) is 4.06. The van der Waals surface area contributed by atoms with Crippen LogP contribution in [-0.4, -0.2) is 14.2 Å². The smallest absolute Gasteiger partial charge is 0.126 e. The molecule has 0 fully saturated rings. The second kappa shape index (κ2) is 5.58. The standard InChI is InChI=1S/C16H18O2/c1-12(13-7-5-4-6-8-13)15-10-9-14(17-2)11-16(15)18-3/h4-12H,1-3H3/i12D. The van der Waals surface area contributed by atoms with Crippen molar-refractivity contribution in [2.75, 3.05) is 14.2 Å². The fourth-order valence-corrected chi connectivity index (χ4v) is 1.95. The van der Waals surface area contributed by atoms with Crippen LogP contribution in [0, 0.1) is 0 Å². The van der Waals surface area contributed by atoms with Crippen molar-refractivity contribution in [2.45, 2.75) is 12.8 Å². The molecule has 0 radical (unpaired) electrons. The van der Waals surface area contributed by atoms with Crippen LogP contribution in [-0.2, 0) is 0 Å². The minimum Gasteiger partial charge on any atom is -0.497 e. The first kappa shape index (κ1) is 11.1. The first-order chi connectivity index (χ1) is 9.09. The Morgan fingerprint density at radius 2 is 1.72 bits per heavy atom. The third-order valence-corrected chi connectivity index (χ3v) is 3.02. The third-order valence-electron chi connectivity index (χ3n) is 3.02. The van der Waals surface area contributed by atoms with Crippen LogP contribution in [0.1, 0.15) is 25.3 Å². The van der Waals surface area contributed by atoms with Gasteiger partial charge in [0.15, 0.2) is 0 Å². The van der Waals surface area contributed by atoms with Crippen LogP contribution in [0.3, 0.4) is 0 Å². The van der Waals surface area contributed by atoms with Crippen molar-refractivity contribution >= 4 is 0 Å². The van der Waals surface area contributed by atoms with Crippen molar-refractivity contribution in [2.24, 2.45) is 0 Å². The molecule has 0 heterocycles. The molecular formula is C16H18O2. The Bertz CT molecular complexity index is 550. The van der Waals surface area contributed by atoms with Gasteiger partial charge in [0.1, 0.15) is 11.5 Å². The number of ether oxygens (including phenoxy) is 2. The molecule has 1 unspecified atom stereocenters. The van der Waals surface area contributed by atoms with Crippen LogP contribution in [0.15, 0.2) is 48.5 Å². The minimum atomic E-state index is -0.862. The number of rotatable bonds is 4. The Morgan fingerprint density at radius 1 is 1.00 bits per heavy atom. The molecule has 0 N–H and O–H groups in total. The molecule has 0 aromatic heterocycles. The van der Waals surface area contributed by atoms with Gasteiger partial charge in [0, 0.05) is 18.9 Å². The maximum absolute atomic E-state index is 8.66. The van der Waals surface area contributed by atoms with Crippen molar-refractivity contribution in [3.63, 3.8) is 0 Å². The lowest BCUT2D eigenvalue weighted by atomic mass is 9.92. The van der Waals surface area contributed by atoms with E-state index in [4.69, 9.17) is 10.8 Å². The zero-order valence-corrected chi connectivity index (χ0v) is 10.9. The van der Waals surface area contributed by atoms with E-state index in [2.05, 4.69) is 0 Å². The van der Waals surface area contributed by atoms with E-state index >= 15 is 0 Å². The summed E-state index contributed by atoms with van der Waals surface area (Å²) in [5.41, 5.74) is 1.75. The summed E-state index contributed by atoms with van der Waals surface area (Å²) in [6.45, 7) is 1.87. The molecule has 2 heteroatoms.